The Labute approximate surface area is 171 Å². The SMILES string of the molecule is CCOCCCNC(=NCc1ccc(OC)cc1)NCCCCN(CC)CC. The summed E-state index contributed by atoms with van der Waals surface area (Å²) in [6.45, 7) is 13.8. The smallest absolute Gasteiger partial charge is 0.191 e. The zero-order valence-electron chi connectivity index (χ0n) is 18.3. The van der Waals surface area contributed by atoms with Crippen LogP contribution >= 0.6 is 0 Å². The number of hydrogen-bond donors (Lipinski definition) is 2. The van der Waals surface area contributed by atoms with Crippen LogP contribution in [0.5, 0.6) is 5.75 Å². The molecule has 0 heterocycles. The third-order valence-corrected chi connectivity index (χ3v) is 4.63. The van der Waals surface area contributed by atoms with Crippen molar-refractivity contribution in [2.24, 2.45) is 4.99 Å². The molecule has 0 aliphatic rings. The lowest BCUT2D eigenvalue weighted by molar-refractivity contribution is 0.145. The highest BCUT2D eigenvalue weighted by molar-refractivity contribution is 5.79. The molecular weight excluding hydrogens is 352 g/mol. The van der Waals surface area contributed by atoms with Crippen LogP contribution in [0.15, 0.2) is 29.3 Å². The van der Waals surface area contributed by atoms with Crippen LogP contribution in [0, 0.1) is 0 Å². The molecule has 0 bridgehead atoms. The lowest BCUT2D eigenvalue weighted by Crippen LogP contribution is -2.39. The lowest BCUT2D eigenvalue weighted by Gasteiger charge is -2.18. The molecule has 6 nitrogen and oxygen atoms in total. The highest BCUT2D eigenvalue weighted by Crippen LogP contribution is 2.11. The number of aliphatic imine (C=N–C) groups is 1. The maximum absolute atomic E-state index is 5.41. The van der Waals surface area contributed by atoms with Crippen molar-refractivity contribution in [3.05, 3.63) is 29.8 Å². The van der Waals surface area contributed by atoms with Crippen molar-refractivity contribution in [3.8, 4) is 5.75 Å². The van der Waals surface area contributed by atoms with Gasteiger partial charge in [-0.2, -0.15) is 0 Å². The molecule has 0 saturated carbocycles. The Balaban J connectivity index is 2.45. The minimum atomic E-state index is 0.643. The normalized spacial score (nSPS) is 11.7. The Kier molecular flexibility index (Phi) is 14.0. The first kappa shape index (κ1) is 24.2. The summed E-state index contributed by atoms with van der Waals surface area (Å²) in [5.74, 6) is 1.74. The Morgan fingerprint density at radius 3 is 2.25 bits per heavy atom. The molecule has 1 aromatic carbocycles. The highest BCUT2D eigenvalue weighted by atomic mass is 16.5. The fourth-order valence-corrected chi connectivity index (χ4v) is 2.81. The minimum Gasteiger partial charge on any atom is -0.497 e. The summed E-state index contributed by atoms with van der Waals surface area (Å²) < 4.78 is 10.6. The number of benzene rings is 1. The number of guanidine groups is 1. The number of rotatable bonds is 15. The molecule has 0 spiro atoms. The molecule has 160 valence electrons. The second kappa shape index (κ2) is 16.2. The first-order valence-electron chi connectivity index (χ1n) is 10.7. The van der Waals surface area contributed by atoms with Crippen molar-refractivity contribution >= 4 is 5.96 Å². The van der Waals surface area contributed by atoms with E-state index in [-0.39, 0.29) is 0 Å². The number of methoxy groups -OCH3 is 1. The summed E-state index contributed by atoms with van der Waals surface area (Å²) in [6, 6.07) is 8.06. The van der Waals surface area contributed by atoms with E-state index in [0.29, 0.717) is 6.54 Å². The Morgan fingerprint density at radius 1 is 0.964 bits per heavy atom. The Morgan fingerprint density at radius 2 is 1.64 bits per heavy atom. The monoisotopic (exact) mass is 392 g/mol. The van der Waals surface area contributed by atoms with Crippen LogP contribution in [0.1, 0.15) is 45.6 Å². The van der Waals surface area contributed by atoms with Gasteiger partial charge in [0.15, 0.2) is 5.96 Å². The van der Waals surface area contributed by atoms with Crippen LogP contribution < -0.4 is 15.4 Å². The fraction of sp³-hybridized carbons (Fsp3) is 0.682. The van der Waals surface area contributed by atoms with Gasteiger partial charge in [-0.1, -0.05) is 26.0 Å². The van der Waals surface area contributed by atoms with Gasteiger partial charge in [-0.15, -0.1) is 0 Å². The minimum absolute atomic E-state index is 0.643. The quantitative estimate of drug-likeness (QED) is 0.273. The number of ether oxygens (including phenoxy) is 2. The number of hydrogen-bond acceptors (Lipinski definition) is 4. The molecule has 2 N–H and O–H groups in total. The van der Waals surface area contributed by atoms with Gasteiger partial charge in [0.25, 0.3) is 0 Å². The molecule has 0 atom stereocenters. The molecule has 0 aromatic heterocycles. The van der Waals surface area contributed by atoms with Crippen molar-refractivity contribution < 1.29 is 9.47 Å². The van der Waals surface area contributed by atoms with E-state index in [1.165, 1.54) is 6.42 Å². The van der Waals surface area contributed by atoms with Gasteiger partial charge < -0.3 is 25.0 Å². The fourth-order valence-electron chi connectivity index (χ4n) is 2.81. The average Bonchev–Trinajstić information content (AvgIpc) is 2.74. The molecular formula is C22H40N4O2. The van der Waals surface area contributed by atoms with E-state index in [1.54, 1.807) is 7.11 Å². The standard InChI is InChI=1S/C22H40N4O2/c1-5-26(6-2)17-9-8-15-23-22(24-16-10-18-28-7-3)25-19-20-11-13-21(27-4)14-12-20/h11-14H,5-10,15-19H2,1-4H3,(H2,23,24,25). The summed E-state index contributed by atoms with van der Waals surface area (Å²) in [5.41, 5.74) is 1.16. The van der Waals surface area contributed by atoms with Gasteiger partial charge in [0, 0.05) is 26.3 Å². The number of nitrogens with zero attached hydrogens (tertiary/aromatic N) is 2. The highest BCUT2D eigenvalue weighted by Gasteiger charge is 2.01. The van der Waals surface area contributed by atoms with Crippen LogP contribution in [0.2, 0.25) is 0 Å². The van der Waals surface area contributed by atoms with Gasteiger partial charge >= 0.3 is 0 Å². The second-order valence-electron chi connectivity index (χ2n) is 6.65. The zero-order valence-corrected chi connectivity index (χ0v) is 18.3. The van der Waals surface area contributed by atoms with Gasteiger partial charge in [-0.25, -0.2) is 4.99 Å². The molecule has 28 heavy (non-hydrogen) atoms. The molecule has 6 heteroatoms. The maximum atomic E-state index is 5.41. The number of nitrogens with one attached hydrogen (secondary N) is 2. The van der Waals surface area contributed by atoms with Crippen LogP contribution in [0.4, 0.5) is 0 Å². The summed E-state index contributed by atoms with van der Waals surface area (Å²) in [6.07, 6.45) is 3.31. The molecule has 1 rings (SSSR count). The van der Waals surface area contributed by atoms with Crippen LogP contribution in [0.3, 0.4) is 0 Å². The van der Waals surface area contributed by atoms with Crippen LogP contribution in [0.25, 0.3) is 0 Å². The molecule has 0 amide bonds. The molecule has 0 saturated heterocycles. The predicted octanol–water partition coefficient (Wildman–Crippen LogP) is 3.28. The molecule has 1 aromatic rings. The zero-order chi connectivity index (χ0) is 20.5. The second-order valence-corrected chi connectivity index (χ2v) is 6.65. The first-order chi connectivity index (χ1) is 13.7. The summed E-state index contributed by atoms with van der Waals surface area (Å²) in [7, 11) is 1.68. The van der Waals surface area contributed by atoms with Gasteiger partial charge in [0.1, 0.15) is 5.75 Å². The third kappa shape index (κ3) is 11.1. The van der Waals surface area contributed by atoms with Crippen molar-refractivity contribution in [2.75, 3.05) is 53.0 Å². The van der Waals surface area contributed by atoms with Gasteiger partial charge in [0.05, 0.1) is 13.7 Å². The summed E-state index contributed by atoms with van der Waals surface area (Å²) >= 11 is 0. The maximum Gasteiger partial charge on any atom is 0.191 e. The average molecular weight is 393 g/mol. The van der Waals surface area contributed by atoms with Crippen LogP contribution in [-0.4, -0.2) is 63.9 Å². The molecule has 0 aliphatic heterocycles. The Hall–Kier alpha value is -1.79. The van der Waals surface area contributed by atoms with Crippen molar-refractivity contribution in [3.63, 3.8) is 0 Å². The largest absolute Gasteiger partial charge is 0.497 e. The van der Waals surface area contributed by atoms with E-state index < -0.39 is 0 Å². The third-order valence-electron chi connectivity index (χ3n) is 4.63. The van der Waals surface area contributed by atoms with Crippen LogP contribution in [-0.2, 0) is 11.3 Å². The lowest BCUT2D eigenvalue weighted by atomic mass is 10.2. The van der Waals surface area contributed by atoms with E-state index in [0.717, 1.165) is 76.1 Å². The predicted molar refractivity (Wildman–Crippen MR) is 118 cm³/mol. The van der Waals surface area contributed by atoms with E-state index in [9.17, 15) is 0 Å². The Bertz CT molecular complexity index is 516. The summed E-state index contributed by atoms with van der Waals surface area (Å²) in [5, 5.41) is 6.89. The topological polar surface area (TPSA) is 58.1 Å². The molecule has 0 radical (unpaired) electrons. The van der Waals surface area contributed by atoms with E-state index >= 15 is 0 Å². The van der Waals surface area contributed by atoms with Crippen molar-refractivity contribution in [1.82, 2.24) is 15.5 Å². The molecule has 0 fully saturated rings. The van der Waals surface area contributed by atoms with Gasteiger partial charge in [0.2, 0.25) is 0 Å². The van der Waals surface area contributed by atoms with E-state index in [2.05, 4.69) is 41.5 Å². The summed E-state index contributed by atoms with van der Waals surface area (Å²) in [4.78, 5) is 7.20. The van der Waals surface area contributed by atoms with Gasteiger partial charge in [-0.3, -0.25) is 0 Å². The van der Waals surface area contributed by atoms with Crippen molar-refractivity contribution in [1.29, 1.82) is 0 Å². The number of unbranched alkanes of at least 4 members (excludes halogenated alkanes) is 1. The molecule has 0 aliphatic carbocycles. The van der Waals surface area contributed by atoms with Gasteiger partial charge in [-0.05, 0) is 63.5 Å². The van der Waals surface area contributed by atoms with E-state index in [1.807, 2.05) is 19.1 Å². The van der Waals surface area contributed by atoms with Crippen molar-refractivity contribution in [2.45, 2.75) is 46.6 Å². The molecule has 0 unspecified atom stereocenters. The first-order valence-corrected chi connectivity index (χ1v) is 10.7. The van der Waals surface area contributed by atoms with E-state index in [4.69, 9.17) is 14.5 Å².